The van der Waals surface area contributed by atoms with E-state index >= 15 is 0 Å². The summed E-state index contributed by atoms with van der Waals surface area (Å²) in [5, 5.41) is 3.43. The first kappa shape index (κ1) is 19.5. The maximum Gasteiger partial charge on any atom is 0.155 e. The number of nitrogens with one attached hydrogen (secondary N) is 1. The van der Waals surface area contributed by atoms with Gasteiger partial charge in [0.05, 0.1) is 28.5 Å². The van der Waals surface area contributed by atoms with E-state index in [4.69, 9.17) is 9.97 Å². The van der Waals surface area contributed by atoms with Crippen molar-refractivity contribution in [1.29, 1.82) is 0 Å². The van der Waals surface area contributed by atoms with Gasteiger partial charge in [0.2, 0.25) is 0 Å². The molecule has 0 amide bonds. The van der Waals surface area contributed by atoms with E-state index in [1.54, 1.807) is 0 Å². The molecule has 0 radical (unpaired) electrons. The van der Waals surface area contributed by atoms with Crippen molar-refractivity contribution in [2.75, 3.05) is 0 Å². The molecule has 0 fully saturated rings. The lowest BCUT2D eigenvalue weighted by Crippen LogP contribution is -2.47. The molecule has 2 rings (SSSR count). The molecule has 4 heteroatoms. The normalized spacial score (nSPS) is 13.4. The summed E-state index contributed by atoms with van der Waals surface area (Å²) < 4.78 is 0. The number of benzene rings is 1. The molecule has 25 heavy (non-hydrogen) atoms. The van der Waals surface area contributed by atoms with Crippen molar-refractivity contribution >= 4 is 16.8 Å². The van der Waals surface area contributed by atoms with Crippen LogP contribution >= 0.6 is 0 Å². The summed E-state index contributed by atoms with van der Waals surface area (Å²) >= 11 is 0. The van der Waals surface area contributed by atoms with Crippen LogP contribution in [0.25, 0.3) is 11.0 Å². The van der Waals surface area contributed by atoms with Crippen molar-refractivity contribution in [3.8, 4) is 0 Å². The van der Waals surface area contributed by atoms with Crippen LogP contribution in [0.5, 0.6) is 0 Å². The highest BCUT2D eigenvalue weighted by Crippen LogP contribution is 2.21. The van der Waals surface area contributed by atoms with E-state index in [2.05, 4.69) is 38.2 Å². The van der Waals surface area contributed by atoms with Gasteiger partial charge >= 0.3 is 0 Å². The van der Waals surface area contributed by atoms with Crippen LogP contribution in [0.3, 0.4) is 0 Å². The van der Waals surface area contributed by atoms with Gasteiger partial charge in [-0.25, -0.2) is 9.97 Å². The second-order valence-corrected chi connectivity index (χ2v) is 8.12. The van der Waals surface area contributed by atoms with Crippen molar-refractivity contribution in [1.82, 2.24) is 15.3 Å². The Kier molecular flexibility index (Phi) is 5.94. The summed E-state index contributed by atoms with van der Waals surface area (Å²) in [7, 11) is 0. The highest BCUT2D eigenvalue weighted by atomic mass is 16.1. The molecule has 0 spiro atoms. The zero-order valence-electron chi connectivity index (χ0n) is 16.6. The smallest absolute Gasteiger partial charge is 0.155 e. The lowest BCUT2D eigenvalue weighted by Gasteiger charge is -2.27. The number of ketones is 1. The second kappa shape index (κ2) is 7.61. The fourth-order valence-electron chi connectivity index (χ4n) is 3.07. The van der Waals surface area contributed by atoms with Crippen LogP contribution in [0.15, 0.2) is 18.2 Å². The first-order chi connectivity index (χ1) is 11.6. The van der Waals surface area contributed by atoms with E-state index < -0.39 is 0 Å². The van der Waals surface area contributed by atoms with Gasteiger partial charge in [0.15, 0.2) is 5.78 Å². The van der Waals surface area contributed by atoms with Crippen molar-refractivity contribution in [3.05, 3.63) is 35.2 Å². The van der Waals surface area contributed by atoms with Crippen LogP contribution in [0, 0.1) is 12.3 Å². The molecule has 1 heterocycles. The molecule has 0 aliphatic rings. The number of aromatic nitrogens is 2. The van der Waals surface area contributed by atoms with Gasteiger partial charge in [0.1, 0.15) is 0 Å². The highest BCUT2D eigenvalue weighted by molar-refractivity contribution is 5.89. The molecule has 4 nitrogen and oxygen atoms in total. The number of fused-ring (bicyclic) bond motifs is 1. The molecule has 2 aromatic rings. The molecule has 0 bridgehead atoms. The van der Waals surface area contributed by atoms with E-state index in [9.17, 15) is 4.79 Å². The van der Waals surface area contributed by atoms with Gasteiger partial charge < -0.3 is 5.32 Å². The molecule has 1 aromatic carbocycles. The molecule has 1 unspecified atom stereocenters. The van der Waals surface area contributed by atoms with Crippen molar-refractivity contribution in [2.45, 2.75) is 73.4 Å². The lowest BCUT2D eigenvalue weighted by molar-refractivity contribution is -0.128. The van der Waals surface area contributed by atoms with Crippen LogP contribution in [0.2, 0.25) is 0 Å². The molecule has 1 N–H and O–H groups in total. The quantitative estimate of drug-likeness (QED) is 0.862. The molecule has 1 aromatic heterocycles. The van der Waals surface area contributed by atoms with E-state index in [0.29, 0.717) is 6.42 Å². The molecular weight excluding hydrogens is 310 g/mol. The Morgan fingerprint density at radius 2 is 1.84 bits per heavy atom. The molecule has 0 saturated heterocycles. The third kappa shape index (κ3) is 4.85. The standard InChI is InChI=1S/C21H31N3O/c1-8-16-14(4)23-18-11-15(9-10-17(18)24-16)12-19(22-13(2)3)20(25)21(5,6)7/h9-11,13,19,22H,8,12H2,1-7H3. The maximum absolute atomic E-state index is 12.8. The largest absolute Gasteiger partial charge is 0.305 e. The number of hydrogen-bond acceptors (Lipinski definition) is 4. The van der Waals surface area contributed by atoms with Crippen LogP contribution in [-0.4, -0.2) is 27.8 Å². The third-order valence-electron chi connectivity index (χ3n) is 4.37. The van der Waals surface area contributed by atoms with Gasteiger partial charge in [-0.05, 0) is 37.5 Å². The van der Waals surface area contributed by atoms with Gasteiger partial charge in [0, 0.05) is 11.5 Å². The molecule has 136 valence electrons. The SMILES string of the molecule is CCc1nc2ccc(CC(NC(C)C)C(=O)C(C)(C)C)cc2nc1C. The first-order valence-corrected chi connectivity index (χ1v) is 9.18. The minimum atomic E-state index is -0.365. The zero-order valence-corrected chi connectivity index (χ0v) is 16.6. The van der Waals surface area contributed by atoms with Crippen LogP contribution in [-0.2, 0) is 17.6 Å². The number of carbonyl (C=O) groups excluding carboxylic acids is 1. The molecular formula is C21H31N3O. The highest BCUT2D eigenvalue weighted by Gasteiger charge is 2.30. The van der Waals surface area contributed by atoms with Gasteiger partial charge in [-0.2, -0.15) is 0 Å². The Labute approximate surface area is 151 Å². The van der Waals surface area contributed by atoms with E-state index in [-0.39, 0.29) is 23.3 Å². The summed E-state index contributed by atoms with van der Waals surface area (Å²) in [5.41, 5.74) is 4.59. The number of Topliss-reactive ketones (excluding diaryl/α,β-unsaturated/α-hetero) is 1. The van der Waals surface area contributed by atoms with E-state index in [1.165, 1.54) is 0 Å². The van der Waals surface area contributed by atoms with Crippen LogP contribution in [0.1, 0.15) is 58.5 Å². The Hall–Kier alpha value is -1.81. The Morgan fingerprint density at radius 1 is 1.16 bits per heavy atom. The van der Waals surface area contributed by atoms with Crippen LogP contribution in [0.4, 0.5) is 0 Å². The zero-order chi connectivity index (χ0) is 18.8. The van der Waals surface area contributed by atoms with Crippen molar-refractivity contribution in [3.63, 3.8) is 0 Å². The summed E-state index contributed by atoms with van der Waals surface area (Å²) in [5.74, 6) is 0.241. The summed E-state index contributed by atoms with van der Waals surface area (Å²) in [6, 6.07) is 6.22. The molecule has 1 atom stereocenters. The monoisotopic (exact) mass is 341 g/mol. The summed E-state index contributed by atoms with van der Waals surface area (Å²) in [6.45, 7) is 14.2. The van der Waals surface area contributed by atoms with E-state index in [0.717, 1.165) is 34.4 Å². The average molecular weight is 341 g/mol. The van der Waals surface area contributed by atoms with Gasteiger partial charge in [-0.1, -0.05) is 47.6 Å². The number of hydrogen-bond donors (Lipinski definition) is 1. The van der Waals surface area contributed by atoms with Gasteiger partial charge in [-0.3, -0.25) is 4.79 Å². The number of rotatable bonds is 6. The van der Waals surface area contributed by atoms with Gasteiger partial charge in [-0.15, -0.1) is 0 Å². The fourth-order valence-corrected chi connectivity index (χ4v) is 3.07. The predicted molar refractivity (Wildman–Crippen MR) is 104 cm³/mol. The number of carbonyl (C=O) groups is 1. The summed E-state index contributed by atoms with van der Waals surface area (Å²) in [6.07, 6.45) is 1.55. The topological polar surface area (TPSA) is 54.9 Å². The lowest BCUT2D eigenvalue weighted by atomic mass is 9.84. The van der Waals surface area contributed by atoms with Crippen LogP contribution < -0.4 is 5.32 Å². The fraction of sp³-hybridized carbons (Fsp3) is 0.571. The molecule has 0 aliphatic carbocycles. The van der Waals surface area contributed by atoms with Gasteiger partial charge in [0.25, 0.3) is 0 Å². The molecule has 0 aliphatic heterocycles. The predicted octanol–water partition coefficient (Wildman–Crippen LogP) is 4.02. The maximum atomic E-state index is 12.8. The Morgan fingerprint density at radius 3 is 2.40 bits per heavy atom. The second-order valence-electron chi connectivity index (χ2n) is 8.12. The Balaban J connectivity index is 2.33. The average Bonchev–Trinajstić information content (AvgIpc) is 2.51. The third-order valence-corrected chi connectivity index (χ3v) is 4.37. The minimum Gasteiger partial charge on any atom is -0.305 e. The van der Waals surface area contributed by atoms with E-state index in [1.807, 2.05) is 33.8 Å². The molecule has 0 saturated carbocycles. The summed E-state index contributed by atoms with van der Waals surface area (Å²) in [4.78, 5) is 22.2. The number of nitrogens with zero attached hydrogens (tertiary/aromatic N) is 2. The minimum absolute atomic E-state index is 0.193. The Bertz CT molecular complexity index is 760. The first-order valence-electron chi connectivity index (χ1n) is 9.18. The number of aryl methyl sites for hydroxylation is 2. The van der Waals surface area contributed by atoms with Crippen molar-refractivity contribution < 1.29 is 4.79 Å². The van der Waals surface area contributed by atoms with Crippen molar-refractivity contribution in [2.24, 2.45) is 5.41 Å².